The molecular formula is C25H35FN6O6S2. The van der Waals surface area contributed by atoms with Gasteiger partial charge in [0.15, 0.2) is 0 Å². The molecular weight excluding hydrogens is 563 g/mol. The predicted octanol–water partition coefficient (Wildman–Crippen LogP) is 2.17. The van der Waals surface area contributed by atoms with Gasteiger partial charge in [-0.15, -0.1) is 0 Å². The Kier molecular flexibility index (Phi) is 9.11. The molecule has 1 amide bonds. The fraction of sp³-hybridized carbons (Fsp3) is 0.480. The maximum atomic E-state index is 15.4. The Labute approximate surface area is 234 Å². The monoisotopic (exact) mass is 598 g/mol. The van der Waals surface area contributed by atoms with Crippen molar-refractivity contribution in [2.24, 2.45) is 5.92 Å². The number of pyridine rings is 1. The van der Waals surface area contributed by atoms with E-state index in [-0.39, 0.29) is 35.2 Å². The number of carbonyl (C=O) groups excluding carboxylic acids is 1. The minimum Gasteiger partial charge on any atom is -0.495 e. The van der Waals surface area contributed by atoms with Crippen LogP contribution in [0.25, 0.3) is 0 Å². The number of anilines is 1. The smallest absolute Gasteiger partial charge is 0.274 e. The molecule has 0 unspecified atom stereocenters. The minimum absolute atomic E-state index is 0.00818. The third kappa shape index (κ3) is 6.20. The quantitative estimate of drug-likeness (QED) is 0.375. The lowest BCUT2D eigenvalue weighted by Gasteiger charge is -2.47. The molecule has 12 nitrogen and oxygen atoms in total. The summed E-state index contributed by atoms with van der Waals surface area (Å²) in [4.78, 5) is 16.8. The van der Waals surface area contributed by atoms with Crippen LogP contribution in [0.3, 0.4) is 0 Å². The van der Waals surface area contributed by atoms with Crippen LogP contribution in [-0.2, 0) is 25.6 Å². The van der Waals surface area contributed by atoms with Crippen LogP contribution >= 0.6 is 0 Å². The molecule has 1 aromatic carbocycles. The van der Waals surface area contributed by atoms with E-state index in [0.29, 0.717) is 10.1 Å². The molecule has 0 saturated carbocycles. The summed E-state index contributed by atoms with van der Waals surface area (Å²) in [6, 6.07) is 6.63. The van der Waals surface area contributed by atoms with E-state index < -0.39 is 55.1 Å². The first-order chi connectivity index (χ1) is 18.6. The van der Waals surface area contributed by atoms with E-state index in [4.69, 9.17) is 10.1 Å². The van der Waals surface area contributed by atoms with E-state index in [9.17, 15) is 21.6 Å². The van der Waals surface area contributed by atoms with E-state index in [1.165, 1.54) is 45.5 Å². The number of rotatable bonds is 10. The summed E-state index contributed by atoms with van der Waals surface area (Å²) in [5.74, 6) is -1.87. The summed E-state index contributed by atoms with van der Waals surface area (Å²) in [5.41, 5.74) is -1.75. The highest BCUT2D eigenvalue weighted by molar-refractivity contribution is 7.90. The van der Waals surface area contributed by atoms with Gasteiger partial charge in [-0.05, 0) is 43.2 Å². The van der Waals surface area contributed by atoms with Crippen molar-refractivity contribution >= 4 is 37.6 Å². The van der Waals surface area contributed by atoms with Gasteiger partial charge >= 0.3 is 0 Å². The standard InChI is InChI=1S/C25H35FN6O6S2/c1-7-32(39(34,35)15-16(2)3)14-22-25(4,30-24(27)31(5)40(22,36)37)19-12-17(8-10-20(19)26)29-23(33)21-11-9-18(38-6)13-28-21/h8-13,16,22H,7,14-15H2,1-6H3,(H2,27,30)(H,29,33)/t22-,25+/m0/s1. The molecule has 0 spiro atoms. The zero-order chi connectivity index (χ0) is 30.0. The summed E-state index contributed by atoms with van der Waals surface area (Å²) >= 11 is 0. The summed E-state index contributed by atoms with van der Waals surface area (Å²) in [5, 5.41) is 12.1. The predicted molar refractivity (Wildman–Crippen MR) is 150 cm³/mol. The number of hydrogen-bond acceptors (Lipinski definition) is 8. The van der Waals surface area contributed by atoms with Gasteiger partial charge in [0.25, 0.3) is 5.91 Å². The molecule has 0 bridgehead atoms. The normalized spacial score (nSPS) is 20.9. The van der Waals surface area contributed by atoms with Crippen molar-refractivity contribution in [1.29, 1.82) is 5.41 Å². The van der Waals surface area contributed by atoms with Crippen LogP contribution < -0.4 is 15.4 Å². The zero-order valence-corrected chi connectivity index (χ0v) is 24.9. The first kappa shape index (κ1) is 31.2. The zero-order valence-electron chi connectivity index (χ0n) is 23.2. The van der Waals surface area contributed by atoms with Gasteiger partial charge < -0.3 is 15.4 Å². The molecule has 2 aromatic rings. The summed E-state index contributed by atoms with van der Waals surface area (Å²) in [7, 11) is -5.56. The maximum Gasteiger partial charge on any atom is 0.274 e. The number of methoxy groups -OCH3 is 1. The van der Waals surface area contributed by atoms with Gasteiger partial charge in [0.2, 0.25) is 26.0 Å². The molecule has 1 fully saturated rings. The SMILES string of the molecule is CCN(C[C@H]1[C@@](C)(c2cc(NC(=O)c3ccc(OC)cn3)ccc2F)NC(=N)N(C)S1(=O)=O)S(=O)(=O)CC(C)C. The molecule has 1 aromatic heterocycles. The van der Waals surface area contributed by atoms with Crippen molar-refractivity contribution in [2.45, 2.75) is 38.5 Å². The molecule has 1 aliphatic rings. The van der Waals surface area contributed by atoms with Crippen molar-refractivity contribution in [2.75, 3.05) is 38.3 Å². The number of sulfonamides is 2. The second-order valence-electron chi connectivity index (χ2n) is 10.0. The lowest BCUT2D eigenvalue weighted by atomic mass is 9.87. The molecule has 1 saturated heterocycles. The second-order valence-corrected chi connectivity index (χ2v) is 14.2. The third-order valence-electron chi connectivity index (χ3n) is 6.73. The van der Waals surface area contributed by atoms with Crippen LogP contribution in [-0.4, -0.2) is 80.5 Å². The molecule has 0 radical (unpaired) electrons. The van der Waals surface area contributed by atoms with E-state index in [2.05, 4.69) is 15.6 Å². The number of nitrogens with one attached hydrogen (secondary N) is 3. The van der Waals surface area contributed by atoms with Crippen molar-refractivity contribution < 1.29 is 30.8 Å². The number of guanidine groups is 1. The second kappa shape index (κ2) is 11.7. The van der Waals surface area contributed by atoms with Gasteiger partial charge in [-0.2, -0.15) is 0 Å². The van der Waals surface area contributed by atoms with Crippen LogP contribution in [0.5, 0.6) is 5.75 Å². The first-order valence-electron chi connectivity index (χ1n) is 12.5. The van der Waals surface area contributed by atoms with Crippen LogP contribution in [0, 0.1) is 17.1 Å². The van der Waals surface area contributed by atoms with Crippen LogP contribution in [0.4, 0.5) is 10.1 Å². The van der Waals surface area contributed by atoms with Gasteiger partial charge in [-0.3, -0.25) is 10.2 Å². The number of nitrogens with zero attached hydrogens (tertiary/aromatic N) is 3. The Morgan fingerprint density at radius 2 is 2.00 bits per heavy atom. The fourth-order valence-corrected chi connectivity index (χ4v) is 8.27. The molecule has 40 heavy (non-hydrogen) atoms. The number of aromatic nitrogens is 1. The molecule has 220 valence electrons. The molecule has 2 atom stereocenters. The number of benzene rings is 1. The number of hydrogen-bond donors (Lipinski definition) is 3. The Morgan fingerprint density at radius 3 is 2.55 bits per heavy atom. The molecule has 3 rings (SSSR count). The Morgan fingerprint density at radius 1 is 1.32 bits per heavy atom. The fourth-order valence-electron chi connectivity index (χ4n) is 4.52. The van der Waals surface area contributed by atoms with Crippen molar-refractivity contribution in [3.63, 3.8) is 0 Å². The first-order valence-corrected chi connectivity index (χ1v) is 15.6. The van der Waals surface area contributed by atoms with Gasteiger partial charge in [0.05, 0.1) is 24.6 Å². The van der Waals surface area contributed by atoms with Crippen molar-refractivity contribution in [3.8, 4) is 5.75 Å². The number of carbonyl (C=O) groups is 1. The lowest BCUT2D eigenvalue weighted by molar-refractivity contribution is 0.102. The maximum absolute atomic E-state index is 15.4. The number of halogens is 1. The lowest BCUT2D eigenvalue weighted by Crippen LogP contribution is -2.68. The van der Waals surface area contributed by atoms with E-state index >= 15 is 4.39 Å². The van der Waals surface area contributed by atoms with Crippen molar-refractivity contribution in [3.05, 3.63) is 53.6 Å². The van der Waals surface area contributed by atoms with Gasteiger partial charge in [0.1, 0.15) is 22.5 Å². The largest absolute Gasteiger partial charge is 0.495 e. The molecule has 15 heteroatoms. The van der Waals surface area contributed by atoms with Gasteiger partial charge in [-0.25, -0.2) is 34.8 Å². The van der Waals surface area contributed by atoms with E-state index in [1.807, 2.05) is 0 Å². The molecule has 2 heterocycles. The average Bonchev–Trinajstić information content (AvgIpc) is 2.87. The highest BCUT2D eigenvalue weighted by atomic mass is 32.2. The van der Waals surface area contributed by atoms with Gasteiger partial charge in [0, 0.05) is 31.4 Å². The Balaban J connectivity index is 2.07. The van der Waals surface area contributed by atoms with Crippen LogP contribution in [0.15, 0.2) is 36.5 Å². The number of ether oxygens (including phenoxy) is 1. The number of amides is 1. The highest BCUT2D eigenvalue weighted by Gasteiger charge is 2.53. The Hall–Kier alpha value is -3.30. The third-order valence-corrected chi connectivity index (χ3v) is 11.3. The molecule has 1 aliphatic heterocycles. The highest BCUT2D eigenvalue weighted by Crippen LogP contribution is 2.38. The summed E-state index contributed by atoms with van der Waals surface area (Å²) < 4.78 is 75.7. The van der Waals surface area contributed by atoms with E-state index in [1.54, 1.807) is 26.8 Å². The topological polar surface area (TPSA) is 162 Å². The van der Waals surface area contributed by atoms with E-state index in [0.717, 1.165) is 10.4 Å². The average molecular weight is 599 g/mol. The van der Waals surface area contributed by atoms with Gasteiger partial charge in [-0.1, -0.05) is 20.8 Å². The molecule has 0 aliphatic carbocycles. The Bertz CT molecular complexity index is 1480. The minimum atomic E-state index is -4.34. The van der Waals surface area contributed by atoms with Crippen LogP contribution in [0.1, 0.15) is 43.7 Å². The summed E-state index contributed by atoms with van der Waals surface area (Å²) in [6.45, 7) is 5.97. The van der Waals surface area contributed by atoms with Crippen molar-refractivity contribution in [1.82, 2.24) is 18.9 Å². The van der Waals surface area contributed by atoms with Crippen LogP contribution in [0.2, 0.25) is 0 Å². The summed E-state index contributed by atoms with van der Waals surface area (Å²) in [6.07, 6.45) is 1.36. The molecule has 3 N–H and O–H groups in total.